The lowest BCUT2D eigenvalue weighted by Gasteiger charge is -2.10. The van der Waals surface area contributed by atoms with Crippen LogP contribution < -0.4 is 0 Å². The fourth-order valence-corrected chi connectivity index (χ4v) is 3.93. The largest absolute Gasteiger partial charge is 0.0654 e. The Kier molecular flexibility index (Phi) is 5.91. The normalized spacial score (nSPS) is 12.2. The van der Waals surface area contributed by atoms with Gasteiger partial charge in [0.2, 0.25) is 0 Å². The van der Waals surface area contributed by atoms with Crippen molar-refractivity contribution in [2.24, 2.45) is 0 Å². The average molecular weight is 306 g/mol. The van der Waals surface area contributed by atoms with Gasteiger partial charge in [-0.2, -0.15) is 0 Å². The molecule has 23 heavy (non-hydrogen) atoms. The summed E-state index contributed by atoms with van der Waals surface area (Å²) in [5.41, 5.74) is 7.64. The molecule has 0 bridgehead atoms. The van der Waals surface area contributed by atoms with E-state index in [0.29, 0.717) is 0 Å². The Labute approximate surface area is 141 Å². The minimum absolute atomic E-state index is 1.12. The van der Waals surface area contributed by atoms with Crippen molar-refractivity contribution < 1.29 is 0 Å². The first-order valence-electron chi connectivity index (χ1n) is 9.59. The van der Waals surface area contributed by atoms with E-state index < -0.39 is 0 Å². The second-order valence-corrected chi connectivity index (χ2v) is 7.01. The summed E-state index contributed by atoms with van der Waals surface area (Å²) in [6.45, 7) is 2.29. The number of benzene rings is 2. The molecule has 0 fully saturated rings. The molecule has 0 radical (unpaired) electrons. The van der Waals surface area contributed by atoms with Crippen molar-refractivity contribution in [3.05, 3.63) is 59.2 Å². The highest BCUT2D eigenvalue weighted by Crippen LogP contribution is 2.39. The summed E-state index contributed by atoms with van der Waals surface area (Å²) in [6, 6.07) is 15.9. The average Bonchev–Trinajstić information content (AvgIpc) is 2.96. The summed E-state index contributed by atoms with van der Waals surface area (Å²) >= 11 is 0. The second-order valence-electron chi connectivity index (χ2n) is 7.01. The smallest absolute Gasteiger partial charge is 0.00134 e. The van der Waals surface area contributed by atoms with Gasteiger partial charge in [0.25, 0.3) is 0 Å². The molecule has 0 heterocycles. The molecule has 0 atom stereocenters. The van der Waals surface area contributed by atoms with Crippen LogP contribution in [0.1, 0.15) is 75.0 Å². The first kappa shape index (κ1) is 16.3. The fraction of sp³-hybridized carbons (Fsp3) is 0.478. The van der Waals surface area contributed by atoms with Gasteiger partial charge < -0.3 is 0 Å². The van der Waals surface area contributed by atoms with E-state index in [1.807, 2.05) is 0 Å². The van der Waals surface area contributed by atoms with E-state index in [4.69, 9.17) is 0 Å². The van der Waals surface area contributed by atoms with Crippen LogP contribution in [0.15, 0.2) is 42.5 Å². The Morgan fingerprint density at radius 3 is 2.22 bits per heavy atom. The lowest BCUT2D eigenvalue weighted by atomic mass is 9.95. The Morgan fingerprint density at radius 1 is 0.696 bits per heavy atom. The van der Waals surface area contributed by atoms with Crippen molar-refractivity contribution in [2.45, 2.75) is 71.1 Å². The molecular weight excluding hydrogens is 276 g/mol. The quantitative estimate of drug-likeness (QED) is 0.375. The van der Waals surface area contributed by atoms with Crippen LogP contribution in [0.5, 0.6) is 0 Å². The van der Waals surface area contributed by atoms with E-state index >= 15 is 0 Å². The van der Waals surface area contributed by atoms with Gasteiger partial charge in [0.15, 0.2) is 0 Å². The molecule has 0 aliphatic heterocycles. The molecule has 0 saturated carbocycles. The maximum absolute atomic E-state index is 2.35. The fourth-order valence-electron chi connectivity index (χ4n) is 3.93. The van der Waals surface area contributed by atoms with Crippen LogP contribution in [0.3, 0.4) is 0 Å². The third-order valence-corrected chi connectivity index (χ3v) is 5.20. The van der Waals surface area contributed by atoms with Crippen molar-refractivity contribution in [3.63, 3.8) is 0 Å². The molecule has 2 aromatic carbocycles. The number of hydrogen-bond donors (Lipinski definition) is 0. The van der Waals surface area contributed by atoms with Crippen LogP contribution in [0.2, 0.25) is 0 Å². The maximum Gasteiger partial charge on any atom is -0.00134 e. The van der Waals surface area contributed by atoms with Gasteiger partial charge in [-0.1, -0.05) is 94.3 Å². The summed E-state index contributed by atoms with van der Waals surface area (Å²) in [4.78, 5) is 0. The van der Waals surface area contributed by atoms with Crippen LogP contribution in [-0.4, -0.2) is 0 Å². The van der Waals surface area contributed by atoms with Crippen LogP contribution in [0.4, 0.5) is 0 Å². The molecular formula is C23H30. The van der Waals surface area contributed by atoms with E-state index in [1.165, 1.54) is 74.5 Å². The van der Waals surface area contributed by atoms with Gasteiger partial charge in [-0.3, -0.25) is 0 Å². The van der Waals surface area contributed by atoms with Crippen LogP contribution in [0.25, 0.3) is 11.1 Å². The standard InChI is InChI=1S/C23H30/c1-2-3-4-5-6-7-8-9-13-19-15-12-16-21-18-20-14-10-11-17-22(20)23(19)21/h10-12,14-17H,2-9,13,18H2,1H3. The zero-order chi connectivity index (χ0) is 15.9. The van der Waals surface area contributed by atoms with Gasteiger partial charge in [0.1, 0.15) is 0 Å². The van der Waals surface area contributed by atoms with Crippen molar-refractivity contribution >= 4 is 0 Å². The van der Waals surface area contributed by atoms with Gasteiger partial charge >= 0.3 is 0 Å². The van der Waals surface area contributed by atoms with Crippen molar-refractivity contribution in [1.29, 1.82) is 0 Å². The Bertz CT molecular complexity index is 624. The van der Waals surface area contributed by atoms with Gasteiger partial charge in [0, 0.05) is 0 Å². The molecule has 0 unspecified atom stereocenters. The second kappa shape index (κ2) is 8.34. The predicted octanol–water partition coefficient (Wildman–Crippen LogP) is 6.94. The van der Waals surface area contributed by atoms with Gasteiger partial charge in [-0.05, 0) is 47.1 Å². The number of hydrogen-bond acceptors (Lipinski definition) is 0. The molecule has 0 saturated heterocycles. The zero-order valence-electron chi connectivity index (χ0n) is 14.6. The first-order valence-corrected chi connectivity index (χ1v) is 9.59. The van der Waals surface area contributed by atoms with Crippen molar-refractivity contribution in [2.75, 3.05) is 0 Å². The van der Waals surface area contributed by atoms with Gasteiger partial charge in [-0.15, -0.1) is 0 Å². The Morgan fingerprint density at radius 2 is 1.39 bits per heavy atom. The molecule has 0 nitrogen and oxygen atoms in total. The number of fused-ring (bicyclic) bond motifs is 3. The minimum Gasteiger partial charge on any atom is -0.0654 e. The molecule has 3 rings (SSSR count). The van der Waals surface area contributed by atoms with E-state index in [2.05, 4.69) is 49.4 Å². The lowest BCUT2D eigenvalue weighted by Crippen LogP contribution is -1.91. The monoisotopic (exact) mass is 306 g/mol. The van der Waals surface area contributed by atoms with Crippen LogP contribution in [-0.2, 0) is 12.8 Å². The summed E-state index contributed by atoms with van der Waals surface area (Å²) < 4.78 is 0. The predicted molar refractivity (Wildman–Crippen MR) is 101 cm³/mol. The summed E-state index contributed by atoms with van der Waals surface area (Å²) in [7, 11) is 0. The molecule has 1 aliphatic rings. The summed E-state index contributed by atoms with van der Waals surface area (Å²) in [6.07, 6.45) is 13.6. The highest BCUT2D eigenvalue weighted by molar-refractivity contribution is 5.79. The third kappa shape index (κ3) is 4.05. The highest BCUT2D eigenvalue weighted by Gasteiger charge is 2.20. The highest BCUT2D eigenvalue weighted by atomic mass is 14.2. The zero-order valence-corrected chi connectivity index (χ0v) is 14.6. The Hall–Kier alpha value is -1.56. The minimum atomic E-state index is 1.12. The topological polar surface area (TPSA) is 0 Å². The molecule has 122 valence electrons. The van der Waals surface area contributed by atoms with E-state index in [-0.39, 0.29) is 0 Å². The van der Waals surface area contributed by atoms with Crippen molar-refractivity contribution in [1.82, 2.24) is 0 Å². The summed E-state index contributed by atoms with van der Waals surface area (Å²) in [5.74, 6) is 0. The molecule has 0 N–H and O–H groups in total. The number of rotatable bonds is 9. The lowest BCUT2D eigenvalue weighted by molar-refractivity contribution is 0.575. The van der Waals surface area contributed by atoms with E-state index in [9.17, 15) is 0 Å². The first-order chi connectivity index (χ1) is 11.4. The van der Waals surface area contributed by atoms with E-state index in [1.54, 1.807) is 11.1 Å². The van der Waals surface area contributed by atoms with E-state index in [0.717, 1.165) is 6.42 Å². The maximum atomic E-state index is 2.35. The molecule has 1 aliphatic carbocycles. The number of unbranched alkanes of at least 4 members (excludes halogenated alkanes) is 7. The molecule has 0 amide bonds. The summed E-state index contributed by atoms with van der Waals surface area (Å²) in [5, 5.41) is 0. The third-order valence-electron chi connectivity index (χ3n) is 5.20. The number of aryl methyl sites for hydroxylation is 1. The SMILES string of the molecule is CCCCCCCCCCc1cccc2c1-c1ccccc1C2. The van der Waals surface area contributed by atoms with Crippen molar-refractivity contribution in [3.8, 4) is 11.1 Å². The van der Waals surface area contributed by atoms with Crippen LogP contribution in [0, 0.1) is 0 Å². The Balaban J connectivity index is 1.52. The van der Waals surface area contributed by atoms with Gasteiger partial charge in [0.05, 0.1) is 0 Å². The molecule has 0 aromatic heterocycles. The van der Waals surface area contributed by atoms with Gasteiger partial charge in [-0.25, -0.2) is 0 Å². The molecule has 0 heteroatoms. The molecule has 2 aromatic rings. The van der Waals surface area contributed by atoms with Crippen LogP contribution >= 0.6 is 0 Å². The molecule has 0 spiro atoms.